The highest BCUT2D eigenvalue weighted by molar-refractivity contribution is 7.21. The number of benzene rings is 1. The second-order valence-corrected chi connectivity index (χ2v) is 8.53. The van der Waals surface area contributed by atoms with E-state index in [9.17, 15) is 9.59 Å². The molecule has 3 aromatic rings. The highest BCUT2D eigenvalue weighted by atomic mass is 35.5. The molecule has 1 aliphatic heterocycles. The number of halogens is 1. The van der Waals surface area contributed by atoms with Gasteiger partial charge < -0.3 is 9.64 Å². The molecule has 5 nitrogen and oxygen atoms in total. The summed E-state index contributed by atoms with van der Waals surface area (Å²) in [5.41, 5.74) is 1.96. The molecular weight excluding hydrogens is 396 g/mol. The van der Waals surface area contributed by atoms with Crippen molar-refractivity contribution < 1.29 is 14.3 Å². The number of ether oxygens (including phenoxy) is 1. The van der Waals surface area contributed by atoms with Gasteiger partial charge in [-0.1, -0.05) is 23.2 Å². The van der Waals surface area contributed by atoms with E-state index in [1.165, 1.54) is 11.3 Å². The number of aryl methyl sites for hydroxylation is 1. The molecule has 1 fully saturated rings. The molecule has 3 heterocycles. The zero-order valence-electron chi connectivity index (χ0n) is 15.8. The minimum Gasteiger partial charge on any atom is -0.466 e. The fraction of sp³-hybridized carbons (Fsp3) is 0.381. The number of piperidine rings is 1. The van der Waals surface area contributed by atoms with Gasteiger partial charge in [0.1, 0.15) is 5.15 Å². The topological polar surface area (TPSA) is 59.5 Å². The Labute approximate surface area is 172 Å². The van der Waals surface area contributed by atoms with Gasteiger partial charge in [0, 0.05) is 28.6 Å². The highest BCUT2D eigenvalue weighted by Crippen LogP contribution is 2.37. The van der Waals surface area contributed by atoms with Gasteiger partial charge in [-0.3, -0.25) is 9.59 Å². The first-order valence-electron chi connectivity index (χ1n) is 9.43. The molecule has 0 spiro atoms. The normalized spacial score (nSPS) is 17.2. The van der Waals surface area contributed by atoms with Crippen molar-refractivity contribution >= 4 is 55.8 Å². The highest BCUT2D eigenvalue weighted by Gasteiger charge is 2.30. The van der Waals surface area contributed by atoms with E-state index in [0.29, 0.717) is 29.7 Å². The van der Waals surface area contributed by atoms with Crippen molar-refractivity contribution in [3.8, 4) is 0 Å². The molecule has 1 aromatic carbocycles. The Balaban J connectivity index is 1.68. The van der Waals surface area contributed by atoms with Crippen LogP contribution in [0.25, 0.3) is 21.0 Å². The molecule has 0 bridgehead atoms. The van der Waals surface area contributed by atoms with Crippen molar-refractivity contribution in [1.82, 2.24) is 9.88 Å². The van der Waals surface area contributed by atoms with E-state index < -0.39 is 0 Å². The van der Waals surface area contributed by atoms with E-state index in [1.54, 1.807) is 11.8 Å². The molecule has 0 aliphatic carbocycles. The molecule has 28 heavy (non-hydrogen) atoms. The smallest absolute Gasteiger partial charge is 0.310 e. The predicted octanol–water partition coefficient (Wildman–Crippen LogP) is 4.83. The van der Waals surface area contributed by atoms with Crippen LogP contribution in [0.5, 0.6) is 0 Å². The predicted molar refractivity (Wildman–Crippen MR) is 112 cm³/mol. The van der Waals surface area contributed by atoms with Gasteiger partial charge in [0.05, 0.1) is 22.9 Å². The Morgan fingerprint density at radius 1 is 1.32 bits per heavy atom. The van der Waals surface area contributed by atoms with Crippen LogP contribution in [0.15, 0.2) is 24.3 Å². The average Bonchev–Trinajstić information content (AvgIpc) is 3.15. The number of amides is 1. The number of esters is 1. The number of hydrogen-bond acceptors (Lipinski definition) is 5. The molecule has 2 aromatic heterocycles. The number of rotatable bonds is 3. The number of aromatic nitrogens is 1. The summed E-state index contributed by atoms with van der Waals surface area (Å²) in [5, 5.41) is 2.21. The first-order chi connectivity index (χ1) is 13.5. The van der Waals surface area contributed by atoms with Crippen LogP contribution >= 0.6 is 22.9 Å². The Hall–Kier alpha value is -2.18. The summed E-state index contributed by atoms with van der Waals surface area (Å²) in [6.07, 6.45) is 1.55. The van der Waals surface area contributed by atoms with Crippen molar-refractivity contribution in [3.05, 3.63) is 39.9 Å². The Morgan fingerprint density at radius 3 is 2.93 bits per heavy atom. The average molecular weight is 417 g/mol. The molecule has 1 amide bonds. The summed E-state index contributed by atoms with van der Waals surface area (Å²) in [7, 11) is 0. The maximum Gasteiger partial charge on any atom is 0.310 e. The molecular formula is C21H21ClN2O3S. The second-order valence-electron chi connectivity index (χ2n) is 7.12. The molecule has 0 radical (unpaired) electrons. The van der Waals surface area contributed by atoms with Crippen molar-refractivity contribution in [2.75, 3.05) is 19.7 Å². The van der Waals surface area contributed by atoms with E-state index in [1.807, 2.05) is 25.1 Å². The number of hydrogen-bond donors (Lipinski definition) is 0. The number of carbonyl (C=O) groups excluding carboxylic acids is 2. The fourth-order valence-corrected chi connectivity index (χ4v) is 5.16. The van der Waals surface area contributed by atoms with Gasteiger partial charge >= 0.3 is 5.97 Å². The maximum atomic E-state index is 13.1. The van der Waals surface area contributed by atoms with Gasteiger partial charge in [-0.2, -0.15) is 0 Å². The van der Waals surface area contributed by atoms with Gasteiger partial charge in [0.25, 0.3) is 5.91 Å². The number of pyridine rings is 1. The number of fused-ring (bicyclic) bond motifs is 3. The second kappa shape index (κ2) is 7.68. The lowest BCUT2D eigenvalue weighted by Gasteiger charge is -2.31. The number of carbonyl (C=O) groups is 2. The zero-order chi connectivity index (χ0) is 19.8. The quantitative estimate of drug-likeness (QED) is 0.453. The molecule has 1 aliphatic rings. The van der Waals surface area contributed by atoms with Crippen LogP contribution in [-0.4, -0.2) is 41.5 Å². The molecule has 1 unspecified atom stereocenters. The van der Waals surface area contributed by atoms with Crippen molar-refractivity contribution in [2.24, 2.45) is 5.92 Å². The van der Waals surface area contributed by atoms with Crippen molar-refractivity contribution in [3.63, 3.8) is 0 Å². The van der Waals surface area contributed by atoms with Crippen LogP contribution < -0.4 is 0 Å². The lowest BCUT2D eigenvalue weighted by molar-refractivity contribution is -0.149. The molecule has 146 valence electrons. The third-order valence-electron chi connectivity index (χ3n) is 5.11. The minimum absolute atomic E-state index is 0.0629. The van der Waals surface area contributed by atoms with E-state index in [4.69, 9.17) is 16.3 Å². The fourth-order valence-electron chi connectivity index (χ4n) is 3.71. The minimum atomic E-state index is -0.249. The summed E-state index contributed by atoms with van der Waals surface area (Å²) in [5.74, 6) is -0.530. The summed E-state index contributed by atoms with van der Waals surface area (Å²) in [6, 6.07) is 7.85. The molecule has 1 atom stereocenters. The molecule has 7 heteroatoms. The molecule has 1 saturated heterocycles. The van der Waals surface area contributed by atoms with Gasteiger partial charge in [-0.05, 0) is 44.9 Å². The van der Waals surface area contributed by atoms with Crippen LogP contribution in [0.1, 0.15) is 35.0 Å². The van der Waals surface area contributed by atoms with Crippen LogP contribution in [0, 0.1) is 12.8 Å². The third kappa shape index (κ3) is 3.47. The molecule has 0 saturated carbocycles. The summed E-state index contributed by atoms with van der Waals surface area (Å²) in [4.78, 5) is 32.1. The Morgan fingerprint density at radius 2 is 2.14 bits per heavy atom. The number of nitrogens with zero attached hydrogens (tertiary/aromatic N) is 2. The van der Waals surface area contributed by atoms with E-state index in [0.717, 1.165) is 39.4 Å². The van der Waals surface area contributed by atoms with Crippen LogP contribution in [0.4, 0.5) is 0 Å². The van der Waals surface area contributed by atoms with E-state index in [-0.39, 0.29) is 17.8 Å². The third-order valence-corrected chi connectivity index (χ3v) is 6.55. The maximum absolute atomic E-state index is 13.1. The lowest BCUT2D eigenvalue weighted by atomic mass is 9.98. The van der Waals surface area contributed by atoms with Crippen molar-refractivity contribution in [2.45, 2.75) is 26.7 Å². The summed E-state index contributed by atoms with van der Waals surface area (Å²) in [6.45, 7) is 5.23. The van der Waals surface area contributed by atoms with Gasteiger partial charge in [-0.15, -0.1) is 11.3 Å². The standard InChI is InChI=1S/C21H21ClN2O3S/c1-3-27-21(26)13-5-4-8-24(11-13)20(25)17-10-15-18(28-17)14-9-12(2)6-7-16(14)23-19(15)22/h6-7,9-10,13H,3-5,8,11H2,1-2H3. The monoisotopic (exact) mass is 416 g/mol. The number of likely N-dealkylation sites (tertiary alicyclic amines) is 1. The van der Waals surface area contributed by atoms with E-state index >= 15 is 0 Å². The van der Waals surface area contributed by atoms with Crippen LogP contribution in [0.3, 0.4) is 0 Å². The van der Waals surface area contributed by atoms with E-state index in [2.05, 4.69) is 11.1 Å². The first-order valence-corrected chi connectivity index (χ1v) is 10.6. The molecule has 0 N–H and O–H groups in total. The number of thiophene rings is 1. The Bertz CT molecular complexity index is 1080. The largest absolute Gasteiger partial charge is 0.466 e. The van der Waals surface area contributed by atoms with Crippen LogP contribution in [0.2, 0.25) is 5.15 Å². The van der Waals surface area contributed by atoms with Crippen molar-refractivity contribution in [1.29, 1.82) is 0 Å². The first kappa shape index (κ1) is 19.2. The zero-order valence-corrected chi connectivity index (χ0v) is 17.4. The Kier molecular flexibility index (Phi) is 5.25. The van der Waals surface area contributed by atoms with Gasteiger partial charge in [0.2, 0.25) is 0 Å². The lowest BCUT2D eigenvalue weighted by Crippen LogP contribution is -2.42. The van der Waals surface area contributed by atoms with Gasteiger partial charge in [0.15, 0.2) is 0 Å². The molecule has 4 rings (SSSR count). The summed E-state index contributed by atoms with van der Waals surface area (Å²) >= 11 is 7.83. The SMILES string of the molecule is CCOC(=O)C1CCCN(C(=O)c2cc3c(Cl)nc4ccc(C)cc4c3s2)C1. The van der Waals surface area contributed by atoms with Crippen LogP contribution in [-0.2, 0) is 9.53 Å². The van der Waals surface area contributed by atoms with Gasteiger partial charge in [-0.25, -0.2) is 4.98 Å². The summed E-state index contributed by atoms with van der Waals surface area (Å²) < 4.78 is 6.11.